The van der Waals surface area contributed by atoms with Crippen molar-refractivity contribution in [3.8, 4) is 0 Å². The van der Waals surface area contributed by atoms with Crippen molar-refractivity contribution in [1.82, 2.24) is 5.32 Å². The molecule has 1 fully saturated rings. The van der Waals surface area contributed by atoms with E-state index in [2.05, 4.69) is 5.32 Å². The summed E-state index contributed by atoms with van der Waals surface area (Å²) in [5.74, 6) is -1.26. The van der Waals surface area contributed by atoms with Crippen molar-refractivity contribution in [2.24, 2.45) is 11.1 Å². The summed E-state index contributed by atoms with van der Waals surface area (Å²) in [4.78, 5) is 21.8. The van der Waals surface area contributed by atoms with Crippen molar-refractivity contribution in [3.05, 3.63) is 0 Å². The highest BCUT2D eigenvalue weighted by Gasteiger charge is 2.48. The van der Waals surface area contributed by atoms with E-state index in [9.17, 15) is 9.59 Å². The maximum atomic E-state index is 11.4. The minimum atomic E-state index is -1.03. The number of aliphatic carboxylic acids is 1. The minimum Gasteiger partial charge on any atom is -0.480 e. The lowest BCUT2D eigenvalue weighted by Gasteiger charge is -2.15. The maximum Gasteiger partial charge on any atom is 0.325 e. The smallest absolute Gasteiger partial charge is 0.325 e. The molecule has 13 heavy (non-hydrogen) atoms. The zero-order valence-electron chi connectivity index (χ0n) is 7.54. The summed E-state index contributed by atoms with van der Waals surface area (Å²) in [7, 11) is 0. The van der Waals surface area contributed by atoms with Gasteiger partial charge in [-0.25, -0.2) is 0 Å². The second-order valence-corrected chi connectivity index (χ2v) is 3.52. The first-order valence-corrected chi connectivity index (χ1v) is 4.26. The van der Waals surface area contributed by atoms with Crippen LogP contribution in [0, 0.1) is 5.41 Å². The van der Waals surface area contributed by atoms with Crippen LogP contribution in [0.15, 0.2) is 0 Å². The lowest BCUT2D eigenvalue weighted by atomic mass is 10.1. The highest BCUT2D eigenvalue weighted by molar-refractivity contribution is 5.89. The fraction of sp³-hybridized carbons (Fsp3) is 0.750. The molecule has 0 bridgehead atoms. The highest BCUT2D eigenvalue weighted by Crippen LogP contribution is 2.44. The van der Waals surface area contributed by atoms with Gasteiger partial charge >= 0.3 is 5.97 Å². The average molecular weight is 186 g/mol. The van der Waals surface area contributed by atoms with E-state index < -0.39 is 17.4 Å². The summed E-state index contributed by atoms with van der Waals surface area (Å²) < 4.78 is 0. The van der Waals surface area contributed by atoms with Gasteiger partial charge < -0.3 is 16.2 Å². The molecule has 1 unspecified atom stereocenters. The van der Waals surface area contributed by atoms with Crippen LogP contribution < -0.4 is 11.1 Å². The van der Waals surface area contributed by atoms with Crippen LogP contribution in [-0.4, -0.2) is 29.6 Å². The maximum absolute atomic E-state index is 11.4. The third-order valence-corrected chi connectivity index (χ3v) is 2.44. The Morgan fingerprint density at radius 1 is 1.62 bits per heavy atom. The van der Waals surface area contributed by atoms with Gasteiger partial charge in [-0.2, -0.15) is 0 Å². The molecule has 5 heteroatoms. The molecule has 1 saturated carbocycles. The van der Waals surface area contributed by atoms with Crippen molar-refractivity contribution in [3.63, 3.8) is 0 Å². The van der Waals surface area contributed by atoms with E-state index in [1.165, 1.54) is 6.92 Å². The average Bonchev–Trinajstić information content (AvgIpc) is 2.84. The Morgan fingerprint density at radius 2 is 2.15 bits per heavy atom. The molecule has 0 aromatic rings. The molecule has 1 atom stereocenters. The van der Waals surface area contributed by atoms with Gasteiger partial charge in [0.2, 0.25) is 5.91 Å². The van der Waals surface area contributed by atoms with Gasteiger partial charge in [-0.05, 0) is 19.8 Å². The summed E-state index contributed by atoms with van der Waals surface area (Å²) in [5.41, 5.74) is 4.94. The van der Waals surface area contributed by atoms with Crippen molar-refractivity contribution in [1.29, 1.82) is 0 Å². The van der Waals surface area contributed by atoms with Gasteiger partial charge in [0.25, 0.3) is 0 Å². The van der Waals surface area contributed by atoms with E-state index >= 15 is 0 Å². The van der Waals surface area contributed by atoms with E-state index in [-0.39, 0.29) is 5.91 Å². The summed E-state index contributed by atoms with van der Waals surface area (Å²) in [5, 5.41) is 11.0. The van der Waals surface area contributed by atoms with Gasteiger partial charge in [0, 0.05) is 6.54 Å². The third kappa shape index (κ3) is 1.98. The molecule has 5 nitrogen and oxygen atoms in total. The number of carbonyl (C=O) groups is 2. The Labute approximate surface area is 76.3 Å². The molecule has 1 amide bonds. The zero-order chi connectivity index (χ0) is 10.1. The molecular formula is C8H14N2O3. The Hall–Kier alpha value is -1.10. The van der Waals surface area contributed by atoms with E-state index in [0.717, 1.165) is 12.8 Å². The number of carboxylic acids is 1. The predicted octanol–water partition coefficient (Wildman–Crippen LogP) is -0.685. The lowest BCUT2D eigenvalue weighted by Crippen LogP contribution is -2.44. The highest BCUT2D eigenvalue weighted by atomic mass is 16.4. The number of nitrogens with one attached hydrogen (secondary N) is 1. The molecule has 0 aromatic carbocycles. The molecule has 74 valence electrons. The molecule has 0 aromatic heterocycles. The third-order valence-electron chi connectivity index (χ3n) is 2.44. The van der Waals surface area contributed by atoms with Crippen LogP contribution >= 0.6 is 0 Å². The summed E-state index contributed by atoms with van der Waals surface area (Å²) in [6.07, 6.45) is 1.53. The molecule has 1 rings (SSSR count). The molecule has 0 heterocycles. The second kappa shape index (κ2) is 3.33. The molecular weight excluding hydrogens is 172 g/mol. The van der Waals surface area contributed by atoms with E-state index in [0.29, 0.717) is 6.54 Å². The molecule has 0 spiro atoms. The van der Waals surface area contributed by atoms with Gasteiger partial charge in [0.1, 0.15) is 6.04 Å². The first-order valence-electron chi connectivity index (χ1n) is 4.26. The quantitative estimate of drug-likeness (QED) is 0.542. The number of carbonyl (C=O) groups excluding carboxylic acids is 1. The van der Waals surface area contributed by atoms with Crippen LogP contribution in [0.3, 0.4) is 0 Å². The number of carboxylic acid groups (broad SMARTS) is 1. The van der Waals surface area contributed by atoms with Gasteiger partial charge in [0.15, 0.2) is 0 Å². The fourth-order valence-corrected chi connectivity index (χ4v) is 1.09. The summed E-state index contributed by atoms with van der Waals surface area (Å²) in [6, 6.07) is -0.837. The van der Waals surface area contributed by atoms with Crippen LogP contribution in [-0.2, 0) is 9.59 Å². The molecule has 0 aliphatic heterocycles. The standard InChI is InChI=1S/C8H14N2O3/c1-5(6(11)12)10-7(13)8(4-9)2-3-8/h5H,2-4,9H2,1H3,(H,10,13)(H,11,12). The minimum absolute atomic E-state index is 0.232. The van der Waals surface area contributed by atoms with Crippen molar-refractivity contribution in [2.75, 3.05) is 6.54 Å². The fourth-order valence-electron chi connectivity index (χ4n) is 1.09. The second-order valence-electron chi connectivity index (χ2n) is 3.52. The number of nitrogens with two attached hydrogens (primary N) is 1. The number of hydrogen-bond donors (Lipinski definition) is 3. The summed E-state index contributed by atoms with van der Waals surface area (Å²) in [6.45, 7) is 1.73. The van der Waals surface area contributed by atoms with E-state index in [4.69, 9.17) is 10.8 Å². The SMILES string of the molecule is CC(NC(=O)C1(CN)CC1)C(=O)O. The van der Waals surface area contributed by atoms with Crippen LogP contribution in [0.5, 0.6) is 0 Å². The van der Waals surface area contributed by atoms with Gasteiger partial charge in [-0.1, -0.05) is 0 Å². The van der Waals surface area contributed by atoms with Crippen molar-refractivity contribution in [2.45, 2.75) is 25.8 Å². The van der Waals surface area contributed by atoms with Crippen LogP contribution in [0.1, 0.15) is 19.8 Å². The van der Waals surface area contributed by atoms with Crippen molar-refractivity contribution >= 4 is 11.9 Å². The topological polar surface area (TPSA) is 92.4 Å². The molecule has 0 saturated heterocycles. The largest absolute Gasteiger partial charge is 0.480 e. The lowest BCUT2D eigenvalue weighted by molar-refractivity contribution is -0.142. The van der Waals surface area contributed by atoms with Gasteiger partial charge in [0.05, 0.1) is 5.41 Å². The first-order chi connectivity index (χ1) is 6.02. The number of amides is 1. The predicted molar refractivity (Wildman–Crippen MR) is 46.0 cm³/mol. The van der Waals surface area contributed by atoms with Gasteiger partial charge in [-0.15, -0.1) is 0 Å². The number of rotatable bonds is 4. The Kier molecular flexibility index (Phi) is 2.56. The molecule has 1 aliphatic rings. The normalized spacial score (nSPS) is 20.5. The Bertz CT molecular complexity index is 236. The molecule has 1 aliphatic carbocycles. The van der Waals surface area contributed by atoms with Crippen LogP contribution in [0.2, 0.25) is 0 Å². The summed E-state index contributed by atoms with van der Waals surface area (Å²) >= 11 is 0. The van der Waals surface area contributed by atoms with E-state index in [1.807, 2.05) is 0 Å². The Morgan fingerprint density at radius 3 is 2.46 bits per heavy atom. The number of hydrogen-bond acceptors (Lipinski definition) is 3. The van der Waals surface area contributed by atoms with Crippen LogP contribution in [0.25, 0.3) is 0 Å². The molecule has 4 N–H and O–H groups in total. The molecule has 0 radical (unpaired) electrons. The van der Waals surface area contributed by atoms with Crippen LogP contribution in [0.4, 0.5) is 0 Å². The zero-order valence-corrected chi connectivity index (χ0v) is 7.54. The Balaban J connectivity index is 2.46. The monoisotopic (exact) mass is 186 g/mol. The van der Waals surface area contributed by atoms with Gasteiger partial charge in [-0.3, -0.25) is 9.59 Å². The van der Waals surface area contributed by atoms with Crippen molar-refractivity contribution < 1.29 is 14.7 Å². The first kappa shape index (κ1) is 9.98. The van der Waals surface area contributed by atoms with E-state index in [1.54, 1.807) is 0 Å².